The number of carbonyl (C=O) groups is 2. The van der Waals surface area contributed by atoms with Gasteiger partial charge in [-0.05, 0) is 42.9 Å². The molecular formula is C20H28N2O3. The number of methoxy groups -OCH3 is 1. The molecule has 0 spiro atoms. The number of hydrogen-bond acceptors (Lipinski definition) is 3. The fraction of sp³-hybridized carbons (Fsp3) is 0.600. The lowest BCUT2D eigenvalue weighted by Crippen LogP contribution is -2.38. The van der Waals surface area contributed by atoms with E-state index in [1.165, 1.54) is 6.42 Å². The van der Waals surface area contributed by atoms with Crippen LogP contribution in [0, 0.1) is 11.8 Å². The van der Waals surface area contributed by atoms with Gasteiger partial charge < -0.3 is 15.4 Å². The van der Waals surface area contributed by atoms with Crippen LogP contribution in [0.3, 0.4) is 0 Å². The summed E-state index contributed by atoms with van der Waals surface area (Å²) in [5.41, 5.74) is 1.16. The van der Waals surface area contributed by atoms with Crippen LogP contribution in [0.5, 0.6) is 5.75 Å². The van der Waals surface area contributed by atoms with Gasteiger partial charge in [-0.1, -0.05) is 31.4 Å². The Hall–Kier alpha value is -2.04. The molecule has 0 unspecified atom stereocenters. The van der Waals surface area contributed by atoms with Crippen molar-refractivity contribution in [3.63, 3.8) is 0 Å². The van der Waals surface area contributed by atoms with Gasteiger partial charge in [0, 0.05) is 24.9 Å². The highest BCUT2D eigenvalue weighted by Gasteiger charge is 2.43. The molecule has 3 rings (SSSR count). The Morgan fingerprint density at radius 1 is 1.08 bits per heavy atom. The third-order valence-corrected chi connectivity index (χ3v) is 5.35. The second-order valence-corrected chi connectivity index (χ2v) is 7.14. The van der Waals surface area contributed by atoms with Crippen LogP contribution in [0.25, 0.3) is 0 Å². The molecule has 2 fully saturated rings. The Bertz CT molecular complexity index is 611. The predicted molar refractivity (Wildman–Crippen MR) is 96.4 cm³/mol. The van der Waals surface area contributed by atoms with E-state index in [2.05, 4.69) is 10.6 Å². The molecule has 1 aromatic rings. The van der Waals surface area contributed by atoms with Gasteiger partial charge in [-0.2, -0.15) is 0 Å². The van der Waals surface area contributed by atoms with Gasteiger partial charge in [0.25, 0.3) is 0 Å². The maximum Gasteiger partial charge on any atom is 0.223 e. The summed E-state index contributed by atoms with van der Waals surface area (Å²) in [6.07, 6.45) is 6.44. The van der Waals surface area contributed by atoms with Crippen molar-refractivity contribution in [1.29, 1.82) is 0 Å². The van der Waals surface area contributed by atoms with E-state index in [-0.39, 0.29) is 29.6 Å². The molecule has 5 heteroatoms. The van der Waals surface area contributed by atoms with Gasteiger partial charge >= 0.3 is 0 Å². The van der Waals surface area contributed by atoms with Crippen LogP contribution in [-0.2, 0) is 9.59 Å². The van der Waals surface area contributed by atoms with Crippen molar-refractivity contribution >= 4 is 11.8 Å². The van der Waals surface area contributed by atoms with Crippen molar-refractivity contribution in [2.75, 3.05) is 20.2 Å². The fourth-order valence-electron chi connectivity index (χ4n) is 3.74. The van der Waals surface area contributed by atoms with Gasteiger partial charge in [-0.3, -0.25) is 9.59 Å². The van der Waals surface area contributed by atoms with E-state index < -0.39 is 0 Å². The van der Waals surface area contributed by atoms with E-state index in [0.29, 0.717) is 13.1 Å². The number of nitrogens with one attached hydrogen (secondary N) is 2. The Kier molecular flexibility index (Phi) is 5.95. The van der Waals surface area contributed by atoms with E-state index in [0.717, 1.165) is 43.4 Å². The van der Waals surface area contributed by atoms with Crippen molar-refractivity contribution in [3.05, 3.63) is 29.8 Å². The topological polar surface area (TPSA) is 67.4 Å². The lowest BCUT2D eigenvalue weighted by Gasteiger charge is -2.20. The zero-order chi connectivity index (χ0) is 17.6. The summed E-state index contributed by atoms with van der Waals surface area (Å²) in [5.74, 6) is 1.56. The minimum Gasteiger partial charge on any atom is -0.497 e. The molecule has 0 radical (unpaired) electrons. The van der Waals surface area contributed by atoms with E-state index >= 15 is 0 Å². The van der Waals surface area contributed by atoms with Gasteiger partial charge in [-0.15, -0.1) is 0 Å². The minimum atomic E-state index is 0.0427. The summed E-state index contributed by atoms with van der Waals surface area (Å²) in [4.78, 5) is 24.3. The van der Waals surface area contributed by atoms with Gasteiger partial charge in [0.15, 0.2) is 0 Å². The first kappa shape index (κ1) is 17.8. The van der Waals surface area contributed by atoms with Crippen molar-refractivity contribution in [2.45, 2.75) is 44.4 Å². The zero-order valence-corrected chi connectivity index (χ0v) is 14.9. The molecule has 2 aliphatic carbocycles. The van der Waals surface area contributed by atoms with Crippen molar-refractivity contribution < 1.29 is 14.3 Å². The first-order chi connectivity index (χ1) is 12.2. The number of ether oxygens (including phenoxy) is 1. The van der Waals surface area contributed by atoms with E-state index in [9.17, 15) is 9.59 Å². The molecule has 0 aliphatic heterocycles. The number of hydrogen-bond donors (Lipinski definition) is 2. The van der Waals surface area contributed by atoms with Crippen LogP contribution < -0.4 is 15.4 Å². The SMILES string of the molecule is COc1cccc([C@H]2C[C@@H]2C(=O)NCCNC(=O)C2CCCCC2)c1. The average Bonchev–Trinajstić information content (AvgIpc) is 3.46. The van der Waals surface area contributed by atoms with Crippen LogP contribution in [0.1, 0.15) is 50.0 Å². The monoisotopic (exact) mass is 344 g/mol. The normalized spacial score (nSPS) is 22.9. The molecule has 1 aromatic carbocycles. The number of carbonyl (C=O) groups excluding carboxylic acids is 2. The van der Waals surface area contributed by atoms with Gasteiger partial charge in [0.05, 0.1) is 7.11 Å². The molecule has 136 valence electrons. The summed E-state index contributed by atoms with van der Waals surface area (Å²) in [5, 5.41) is 5.90. The van der Waals surface area contributed by atoms with Crippen LogP contribution in [0.2, 0.25) is 0 Å². The molecule has 2 N–H and O–H groups in total. The van der Waals surface area contributed by atoms with Crippen molar-refractivity contribution in [2.24, 2.45) is 11.8 Å². The van der Waals surface area contributed by atoms with E-state index in [4.69, 9.17) is 4.74 Å². The molecule has 2 saturated carbocycles. The summed E-state index contributed by atoms with van der Waals surface area (Å²) in [7, 11) is 1.65. The van der Waals surface area contributed by atoms with Crippen LogP contribution in [0.15, 0.2) is 24.3 Å². The van der Waals surface area contributed by atoms with Gasteiger partial charge in [-0.25, -0.2) is 0 Å². The smallest absolute Gasteiger partial charge is 0.223 e. The standard InChI is InChI=1S/C20H28N2O3/c1-25-16-9-5-8-15(12-16)17-13-18(17)20(24)22-11-10-21-19(23)14-6-3-2-4-7-14/h5,8-9,12,14,17-18H,2-4,6-7,10-11,13H2,1H3,(H,21,23)(H,22,24)/t17-,18+/m1/s1. The Balaban J connectivity index is 1.35. The highest BCUT2D eigenvalue weighted by atomic mass is 16.5. The number of rotatable bonds is 7. The summed E-state index contributed by atoms with van der Waals surface area (Å²) in [6.45, 7) is 1.01. The Morgan fingerprint density at radius 3 is 2.52 bits per heavy atom. The summed E-state index contributed by atoms with van der Waals surface area (Å²) >= 11 is 0. The van der Waals surface area contributed by atoms with E-state index in [1.54, 1.807) is 7.11 Å². The van der Waals surface area contributed by atoms with E-state index in [1.807, 2.05) is 24.3 Å². The molecule has 2 atom stereocenters. The molecule has 0 aromatic heterocycles. The minimum absolute atomic E-state index is 0.0427. The summed E-state index contributed by atoms with van der Waals surface area (Å²) in [6, 6.07) is 7.92. The number of amides is 2. The first-order valence-corrected chi connectivity index (χ1v) is 9.38. The molecule has 5 nitrogen and oxygen atoms in total. The third-order valence-electron chi connectivity index (χ3n) is 5.35. The average molecular weight is 344 g/mol. The molecule has 0 saturated heterocycles. The first-order valence-electron chi connectivity index (χ1n) is 9.38. The lowest BCUT2D eigenvalue weighted by atomic mass is 9.89. The van der Waals surface area contributed by atoms with Gasteiger partial charge in [0.2, 0.25) is 11.8 Å². The molecule has 0 heterocycles. The second kappa shape index (κ2) is 8.37. The van der Waals surface area contributed by atoms with Crippen molar-refractivity contribution in [1.82, 2.24) is 10.6 Å². The lowest BCUT2D eigenvalue weighted by molar-refractivity contribution is -0.126. The molecule has 2 aliphatic rings. The maximum absolute atomic E-state index is 12.2. The third kappa shape index (κ3) is 4.74. The Morgan fingerprint density at radius 2 is 1.80 bits per heavy atom. The molecule has 0 bridgehead atoms. The second-order valence-electron chi connectivity index (χ2n) is 7.14. The van der Waals surface area contributed by atoms with Crippen LogP contribution in [0.4, 0.5) is 0 Å². The van der Waals surface area contributed by atoms with Crippen LogP contribution in [-0.4, -0.2) is 32.0 Å². The highest BCUT2D eigenvalue weighted by molar-refractivity contribution is 5.83. The zero-order valence-electron chi connectivity index (χ0n) is 14.9. The quantitative estimate of drug-likeness (QED) is 0.747. The summed E-state index contributed by atoms with van der Waals surface area (Å²) < 4.78 is 5.24. The highest BCUT2D eigenvalue weighted by Crippen LogP contribution is 2.48. The van der Waals surface area contributed by atoms with Gasteiger partial charge in [0.1, 0.15) is 5.75 Å². The van der Waals surface area contributed by atoms with Crippen LogP contribution >= 0.6 is 0 Å². The molecule has 2 amide bonds. The largest absolute Gasteiger partial charge is 0.497 e. The number of benzene rings is 1. The fourth-order valence-corrected chi connectivity index (χ4v) is 3.74. The maximum atomic E-state index is 12.2. The van der Waals surface area contributed by atoms with Crippen molar-refractivity contribution in [3.8, 4) is 5.75 Å². The molecule has 25 heavy (non-hydrogen) atoms. The molecular weight excluding hydrogens is 316 g/mol. The Labute approximate surface area is 149 Å². The predicted octanol–water partition coefficient (Wildman–Crippen LogP) is 2.61.